The minimum absolute atomic E-state index is 0. The highest BCUT2D eigenvalue weighted by atomic mass is 35.5. The van der Waals surface area contributed by atoms with Gasteiger partial charge in [-0.05, 0) is 24.6 Å². The van der Waals surface area contributed by atoms with Crippen LogP contribution in [0, 0.1) is 5.82 Å². The number of carbonyl (C=O) groups is 1. The zero-order valence-electron chi connectivity index (χ0n) is 20.5. The summed E-state index contributed by atoms with van der Waals surface area (Å²) in [4.78, 5) is 16.6. The highest BCUT2D eigenvalue weighted by Crippen LogP contribution is 2.34. The first-order chi connectivity index (χ1) is 17.7. The standard InChI is InChI=1S/C28H24F4N4O.ClH/c1-18-17-35(13-14-36(18)25(37)15-20-11-12-21(29)16-24(20)28(30,31)32)27-23-10-6-5-9-22(23)26(33-34-27)19-7-3-2-4-8-19;/h2-12,16,18H,13-15,17H2,1H3;1H/t18-;/m0./s1. The lowest BCUT2D eigenvalue weighted by Gasteiger charge is -2.40. The fourth-order valence-electron chi connectivity index (χ4n) is 4.88. The van der Waals surface area contributed by atoms with Gasteiger partial charge in [0.1, 0.15) is 11.5 Å². The Kier molecular flexibility index (Phi) is 7.87. The van der Waals surface area contributed by atoms with Gasteiger partial charge in [-0.3, -0.25) is 4.79 Å². The average molecular weight is 545 g/mol. The van der Waals surface area contributed by atoms with Crippen molar-refractivity contribution in [3.8, 4) is 11.3 Å². The van der Waals surface area contributed by atoms with Crippen LogP contribution < -0.4 is 4.90 Å². The van der Waals surface area contributed by atoms with Crippen LogP contribution in [0.4, 0.5) is 23.4 Å². The van der Waals surface area contributed by atoms with E-state index < -0.39 is 29.9 Å². The van der Waals surface area contributed by atoms with Crippen LogP contribution in [-0.2, 0) is 17.4 Å². The third kappa shape index (κ3) is 5.43. The summed E-state index contributed by atoms with van der Waals surface area (Å²) < 4.78 is 53.6. The summed E-state index contributed by atoms with van der Waals surface area (Å²) in [5, 5.41) is 10.9. The molecule has 0 unspecified atom stereocenters. The van der Waals surface area contributed by atoms with E-state index in [1.165, 1.54) is 0 Å². The van der Waals surface area contributed by atoms with E-state index >= 15 is 0 Å². The van der Waals surface area contributed by atoms with Crippen LogP contribution in [0.25, 0.3) is 22.0 Å². The summed E-state index contributed by atoms with van der Waals surface area (Å²) in [6.45, 7) is 3.08. The Morgan fingerprint density at radius 2 is 1.63 bits per heavy atom. The molecule has 1 aliphatic heterocycles. The lowest BCUT2D eigenvalue weighted by Crippen LogP contribution is -2.54. The molecule has 0 saturated carbocycles. The van der Waals surface area contributed by atoms with E-state index in [2.05, 4.69) is 15.1 Å². The van der Waals surface area contributed by atoms with E-state index in [-0.39, 0.29) is 24.0 Å². The van der Waals surface area contributed by atoms with Crippen molar-refractivity contribution in [1.82, 2.24) is 15.1 Å². The predicted octanol–water partition coefficient (Wildman–Crippen LogP) is 6.16. The smallest absolute Gasteiger partial charge is 0.351 e. The van der Waals surface area contributed by atoms with Crippen LogP contribution in [0.1, 0.15) is 18.1 Å². The summed E-state index contributed by atoms with van der Waals surface area (Å²) in [6.07, 6.45) is -5.19. The number of anilines is 1. The molecule has 1 fully saturated rings. The van der Waals surface area contributed by atoms with Gasteiger partial charge in [-0.2, -0.15) is 13.2 Å². The molecule has 0 bridgehead atoms. The number of piperazine rings is 1. The summed E-state index contributed by atoms with van der Waals surface area (Å²) in [5.41, 5.74) is 0.386. The summed E-state index contributed by atoms with van der Waals surface area (Å²) in [6, 6.07) is 19.8. The molecule has 0 radical (unpaired) electrons. The molecule has 10 heteroatoms. The van der Waals surface area contributed by atoms with Crippen LogP contribution in [0.15, 0.2) is 72.8 Å². The Morgan fingerprint density at radius 1 is 0.947 bits per heavy atom. The van der Waals surface area contributed by atoms with Gasteiger partial charge in [0.05, 0.1) is 12.0 Å². The number of fused-ring (bicyclic) bond motifs is 1. The van der Waals surface area contributed by atoms with Gasteiger partial charge in [-0.15, -0.1) is 22.6 Å². The van der Waals surface area contributed by atoms with Crippen LogP contribution >= 0.6 is 12.4 Å². The molecule has 5 nitrogen and oxygen atoms in total. The zero-order chi connectivity index (χ0) is 26.2. The van der Waals surface area contributed by atoms with Crippen molar-refractivity contribution in [1.29, 1.82) is 0 Å². The highest BCUT2D eigenvalue weighted by Gasteiger charge is 2.36. The van der Waals surface area contributed by atoms with Gasteiger partial charge in [0, 0.05) is 42.0 Å². The van der Waals surface area contributed by atoms with Crippen molar-refractivity contribution < 1.29 is 22.4 Å². The van der Waals surface area contributed by atoms with E-state index in [1.807, 2.05) is 61.5 Å². The molecule has 1 aromatic heterocycles. The van der Waals surface area contributed by atoms with Gasteiger partial charge in [0.25, 0.3) is 0 Å². The van der Waals surface area contributed by atoms with Gasteiger partial charge >= 0.3 is 6.18 Å². The third-order valence-electron chi connectivity index (χ3n) is 6.68. The lowest BCUT2D eigenvalue weighted by molar-refractivity contribution is -0.139. The highest BCUT2D eigenvalue weighted by molar-refractivity contribution is 6.00. The first-order valence-corrected chi connectivity index (χ1v) is 11.9. The van der Waals surface area contributed by atoms with Crippen LogP contribution in [0.3, 0.4) is 0 Å². The molecular formula is C28H25ClF4N4O. The van der Waals surface area contributed by atoms with Crippen molar-refractivity contribution in [2.24, 2.45) is 0 Å². The molecule has 198 valence electrons. The van der Waals surface area contributed by atoms with Crippen LogP contribution in [0.5, 0.6) is 0 Å². The Labute approximate surface area is 223 Å². The molecule has 1 saturated heterocycles. The molecule has 1 amide bonds. The minimum atomic E-state index is -4.74. The summed E-state index contributed by atoms with van der Waals surface area (Å²) in [5.74, 6) is -0.719. The molecule has 5 rings (SSSR count). The number of alkyl halides is 3. The van der Waals surface area contributed by atoms with Gasteiger partial charge in [-0.1, -0.05) is 60.7 Å². The number of carbonyl (C=O) groups excluding carboxylic acids is 1. The molecule has 38 heavy (non-hydrogen) atoms. The monoisotopic (exact) mass is 544 g/mol. The largest absolute Gasteiger partial charge is 0.416 e. The number of rotatable bonds is 4. The van der Waals surface area contributed by atoms with Gasteiger partial charge in [-0.25, -0.2) is 4.39 Å². The first kappa shape index (κ1) is 27.3. The molecular weight excluding hydrogens is 520 g/mol. The molecule has 3 aromatic carbocycles. The predicted molar refractivity (Wildman–Crippen MR) is 141 cm³/mol. The Balaban J connectivity index is 0.00000336. The SMILES string of the molecule is C[C@H]1CN(c2nnc(-c3ccccc3)c3ccccc23)CCN1C(=O)Cc1ccc(F)cc1C(F)(F)F.Cl. The second kappa shape index (κ2) is 10.9. The molecule has 0 spiro atoms. The number of benzene rings is 3. The van der Waals surface area contributed by atoms with Crippen LogP contribution in [-0.4, -0.2) is 46.7 Å². The van der Waals surface area contributed by atoms with E-state index in [4.69, 9.17) is 0 Å². The van der Waals surface area contributed by atoms with Gasteiger partial charge in [0.2, 0.25) is 5.91 Å². The lowest BCUT2D eigenvalue weighted by atomic mass is 10.0. The number of amides is 1. The second-order valence-electron chi connectivity index (χ2n) is 9.14. The fraction of sp³-hybridized carbons (Fsp3) is 0.250. The molecule has 2 heterocycles. The Bertz CT molecular complexity index is 1450. The van der Waals surface area contributed by atoms with Crippen molar-refractivity contribution in [3.05, 3.63) is 89.7 Å². The van der Waals surface area contributed by atoms with Crippen molar-refractivity contribution >= 4 is 34.9 Å². The van der Waals surface area contributed by atoms with Gasteiger partial charge in [0.15, 0.2) is 5.82 Å². The second-order valence-corrected chi connectivity index (χ2v) is 9.14. The van der Waals surface area contributed by atoms with Crippen molar-refractivity contribution in [3.63, 3.8) is 0 Å². The minimum Gasteiger partial charge on any atom is -0.351 e. The van der Waals surface area contributed by atoms with E-state index in [0.29, 0.717) is 31.5 Å². The Hall–Kier alpha value is -3.72. The quantitative estimate of drug-likeness (QED) is 0.289. The maximum atomic E-state index is 13.5. The number of hydrogen-bond acceptors (Lipinski definition) is 4. The number of nitrogens with zero attached hydrogens (tertiary/aromatic N) is 4. The van der Waals surface area contributed by atoms with Crippen molar-refractivity contribution in [2.75, 3.05) is 24.5 Å². The fourth-order valence-corrected chi connectivity index (χ4v) is 4.88. The molecule has 0 N–H and O–H groups in total. The molecule has 4 aromatic rings. The van der Waals surface area contributed by atoms with Crippen molar-refractivity contribution in [2.45, 2.75) is 25.6 Å². The first-order valence-electron chi connectivity index (χ1n) is 11.9. The normalized spacial score (nSPS) is 15.9. The number of hydrogen-bond donors (Lipinski definition) is 0. The summed E-state index contributed by atoms with van der Waals surface area (Å²) >= 11 is 0. The van der Waals surface area contributed by atoms with E-state index in [1.54, 1.807) is 4.90 Å². The van der Waals surface area contributed by atoms with E-state index in [9.17, 15) is 22.4 Å². The third-order valence-corrected chi connectivity index (χ3v) is 6.68. The topological polar surface area (TPSA) is 49.3 Å². The van der Waals surface area contributed by atoms with E-state index in [0.717, 1.165) is 34.2 Å². The average Bonchev–Trinajstić information content (AvgIpc) is 2.89. The maximum Gasteiger partial charge on any atom is 0.416 e. The Morgan fingerprint density at radius 3 is 2.32 bits per heavy atom. The molecule has 1 atom stereocenters. The van der Waals surface area contributed by atoms with Gasteiger partial charge < -0.3 is 9.80 Å². The summed E-state index contributed by atoms with van der Waals surface area (Å²) in [7, 11) is 0. The maximum absolute atomic E-state index is 13.5. The number of halogens is 5. The van der Waals surface area contributed by atoms with Crippen LogP contribution in [0.2, 0.25) is 0 Å². The molecule has 1 aliphatic rings. The molecule has 0 aliphatic carbocycles. The zero-order valence-corrected chi connectivity index (χ0v) is 21.3. The number of aromatic nitrogens is 2.